The first-order valence-corrected chi connectivity index (χ1v) is 5.92. The van der Waals surface area contributed by atoms with Gasteiger partial charge in [0.2, 0.25) is 0 Å². The van der Waals surface area contributed by atoms with Crippen molar-refractivity contribution in [3.05, 3.63) is 18.2 Å². The van der Waals surface area contributed by atoms with E-state index in [0.717, 1.165) is 18.8 Å². The molecule has 1 aromatic heterocycles. The zero-order chi connectivity index (χ0) is 12.0. The number of nitrogens with one attached hydrogen (secondary N) is 1. The van der Waals surface area contributed by atoms with E-state index in [1.54, 1.807) is 6.20 Å². The van der Waals surface area contributed by atoms with Gasteiger partial charge in [-0.3, -0.25) is 4.79 Å². The average molecular weight is 223 g/mol. The maximum absolute atomic E-state index is 11.7. The Hall–Kier alpha value is -1.16. The maximum atomic E-state index is 11.7. The predicted molar refractivity (Wildman–Crippen MR) is 64.4 cm³/mol. The zero-order valence-corrected chi connectivity index (χ0v) is 10.4. The second-order valence-corrected chi connectivity index (χ2v) is 4.04. The third kappa shape index (κ3) is 3.77. The van der Waals surface area contributed by atoms with Crippen LogP contribution in [-0.4, -0.2) is 27.9 Å². The third-order valence-electron chi connectivity index (χ3n) is 2.76. The van der Waals surface area contributed by atoms with Crippen LogP contribution < -0.4 is 5.32 Å². The van der Waals surface area contributed by atoms with Crippen molar-refractivity contribution in [2.75, 3.05) is 6.54 Å². The molecule has 16 heavy (non-hydrogen) atoms. The number of hydrogen-bond donors (Lipinski definition) is 1. The Kier molecular flexibility index (Phi) is 5.19. The van der Waals surface area contributed by atoms with Gasteiger partial charge in [-0.05, 0) is 20.3 Å². The summed E-state index contributed by atoms with van der Waals surface area (Å²) in [6, 6.07) is 0.398. The van der Waals surface area contributed by atoms with Crippen LogP contribution in [0.1, 0.15) is 33.0 Å². The van der Waals surface area contributed by atoms with E-state index in [-0.39, 0.29) is 5.78 Å². The fourth-order valence-corrected chi connectivity index (χ4v) is 1.47. The van der Waals surface area contributed by atoms with Crippen LogP contribution in [0.4, 0.5) is 0 Å². The standard InChI is InChI=1S/C12H21N3O/c1-4-10(3)14-9-11(16)8-12-13-6-7-15(12)5-2/h6-7,10,14H,4-5,8-9H2,1-3H3. The number of carbonyl (C=O) groups is 1. The summed E-state index contributed by atoms with van der Waals surface area (Å²) in [5.41, 5.74) is 0. The van der Waals surface area contributed by atoms with Gasteiger partial charge in [-0.1, -0.05) is 6.92 Å². The summed E-state index contributed by atoms with van der Waals surface area (Å²) in [7, 11) is 0. The zero-order valence-electron chi connectivity index (χ0n) is 10.4. The van der Waals surface area contributed by atoms with Gasteiger partial charge < -0.3 is 9.88 Å². The molecule has 1 aromatic rings. The first-order chi connectivity index (χ1) is 7.67. The fraction of sp³-hybridized carbons (Fsp3) is 0.667. The molecule has 0 bridgehead atoms. The highest BCUT2D eigenvalue weighted by Gasteiger charge is 2.09. The molecule has 4 heteroatoms. The van der Waals surface area contributed by atoms with E-state index in [9.17, 15) is 4.79 Å². The Morgan fingerprint density at radius 1 is 1.56 bits per heavy atom. The van der Waals surface area contributed by atoms with Crippen LogP contribution in [0.15, 0.2) is 12.4 Å². The topological polar surface area (TPSA) is 46.9 Å². The van der Waals surface area contributed by atoms with Crippen molar-refractivity contribution in [1.29, 1.82) is 0 Å². The van der Waals surface area contributed by atoms with Crippen LogP contribution in [0.3, 0.4) is 0 Å². The Morgan fingerprint density at radius 3 is 2.94 bits per heavy atom. The molecule has 90 valence electrons. The fourth-order valence-electron chi connectivity index (χ4n) is 1.47. The highest BCUT2D eigenvalue weighted by molar-refractivity contribution is 5.82. The highest BCUT2D eigenvalue weighted by atomic mass is 16.1. The number of aromatic nitrogens is 2. The largest absolute Gasteiger partial charge is 0.335 e. The smallest absolute Gasteiger partial charge is 0.154 e. The van der Waals surface area contributed by atoms with E-state index in [0.29, 0.717) is 19.0 Å². The van der Waals surface area contributed by atoms with Crippen molar-refractivity contribution in [1.82, 2.24) is 14.9 Å². The van der Waals surface area contributed by atoms with Crippen LogP contribution in [0.25, 0.3) is 0 Å². The van der Waals surface area contributed by atoms with Crippen LogP contribution in [0.2, 0.25) is 0 Å². The van der Waals surface area contributed by atoms with Crippen molar-refractivity contribution in [2.45, 2.75) is 46.2 Å². The van der Waals surface area contributed by atoms with Gasteiger partial charge in [-0.15, -0.1) is 0 Å². The van der Waals surface area contributed by atoms with E-state index in [1.165, 1.54) is 0 Å². The van der Waals surface area contributed by atoms with Gasteiger partial charge >= 0.3 is 0 Å². The molecule has 0 radical (unpaired) electrons. The molecule has 0 spiro atoms. The first-order valence-electron chi connectivity index (χ1n) is 5.92. The molecule has 0 aliphatic heterocycles. The Morgan fingerprint density at radius 2 is 2.31 bits per heavy atom. The number of hydrogen-bond acceptors (Lipinski definition) is 3. The number of imidazole rings is 1. The molecule has 1 atom stereocenters. The molecule has 1 heterocycles. The van der Waals surface area contributed by atoms with Crippen LogP contribution in [0, 0.1) is 0 Å². The minimum absolute atomic E-state index is 0.196. The molecule has 0 aromatic carbocycles. The number of nitrogens with zero attached hydrogens (tertiary/aromatic N) is 2. The average Bonchev–Trinajstić information content (AvgIpc) is 2.73. The molecule has 1 N–H and O–H groups in total. The molecule has 1 rings (SSSR count). The van der Waals surface area contributed by atoms with Crippen LogP contribution >= 0.6 is 0 Å². The Bertz CT molecular complexity index is 333. The van der Waals surface area contributed by atoms with Crippen molar-refractivity contribution in [3.63, 3.8) is 0 Å². The summed E-state index contributed by atoms with van der Waals surface area (Å²) in [5.74, 6) is 1.06. The summed E-state index contributed by atoms with van der Waals surface area (Å²) < 4.78 is 2.00. The normalized spacial score (nSPS) is 12.7. The van der Waals surface area contributed by atoms with E-state index in [4.69, 9.17) is 0 Å². The van der Waals surface area contributed by atoms with Gasteiger partial charge in [-0.25, -0.2) is 4.98 Å². The molecule has 0 amide bonds. The number of rotatable bonds is 7. The second-order valence-electron chi connectivity index (χ2n) is 4.04. The van der Waals surface area contributed by atoms with Crippen molar-refractivity contribution >= 4 is 5.78 Å². The van der Waals surface area contributed by atoms with Crippen LogP contribution in [-0.2, 0) is 17.8 Å². The molecular weight excluding hydrogens is 202 g/mol. The Balaban J connectivity index is 2.40. The predicted octanol–water partition coefficient (Wildman–Crippen LogP) is 1.40. The van der Waals surface area contributed by atoms with Crippen molar-refractivity contribution < 1.29 is 4.79 Å². The first kappa shape index (κ1) is 12.9. The lowest BCUT2D eigenvalue weighted by Gasteiger charge is -2.10. The van der Waals surface area contributed by atoms with E-state index < -0.39 is 0 Å². The van der Waals surface area contributed by atoms with Crippen LogP contribution in [0.5, 0.6) is 0 Å². The number of ketones is 1. The van der Waals surface area contributed by atoms with Crippen molar-refractivity contribution in [3.8, 4) is 0 Å². The molecule has 0 aliphatic rings. The number of Topliss-reactive ketones (excluding diaryl/α,β-unsaturated/α-hetero) is 1. The van der Waals surface area contributed by atoms with E-state index in [2.05, 4.69) is 24.1 Å². The van der Waals surface area contributed by atoms with Crippen molar-refractivity contribution in [2.24, 2.45) is 0 Å². The molecule has 0 fully saturated rings. The lowest BCUT2D eigenvalue weighted by atomic mass is 10.2. The van der Waals surface area contributed by atoms with Gasteiger partial charge in [0, 0.05) is 25.0 Å². The molecule has 1 unspecified atom stereocenters. The van der Waals surface area contributed by atoms with Gasteiger partial charge in [0.05, 0.1) is 13.0 Å². The molecule has 0 saturated carbocycles. The maximum Gasteiger partial charge on any atom is 0.154 e. The highest BCUT2D eigenvalue weighted by Crippen LogP contribution is 1.99. The summed E-state index contributed by atoms with van der Waals surface area (Å²) in [6.45, 7) is 7.53. The number of aryl methyl sites for hydroxylation is 1. The van der Waals surface area contributed by atoms with Gasteiger partial charge in [-0.2, -0.15) is 0 Å². The van der Waals surface area contributed by atoms with Gasteiger partial charge in [0.25, 0.3) is 0 Å². The molecule has 0 aliphatic carbocycles. The monoisotopic (exact) mass is 223 g/mol. The van der Waals surface area contributed by atoms with E-state index in [1.807, 2.05) is 17.7 Å². The molecular formula is C12H21N3O. The number of carbonyl (C=O) groups excluding carboxylic acids is 1. The summed E-state index contributed by atoms with van der Waals surface area (Å²) in [5, 5.41) is 3.20. The molecule has 4 nitrogen and oxygen atoms in total. The molecule has 0 saturated heterocycles. The van der Waals surface area contributed by atoms with Gasteiger partial charge in [0.1, 0.15) is 5.82 Å². The Labute approximate surface area is 97.1 Å². The minimum Gasteiger partial charge on any atom is -0.335 e. The second kappa shape index (κ2) is 6.43. The SMILES string of the molecule is CCC(C)NCC(=O)Cc1nccn1CC. The summed E-state index contributed by atoms with van der Waals surface area (Å²) in [4.78, 5) is 15.9. The third-order valence-corrected chi connectivity index (χ3v) is 2.76. The summed E-state index contributed by atoms with van der Waals surface area (Å²) in [6.07, 6.45) is 5.11. The quantitative estimate of drug-likeness (QED) is 0.760. The lowest BCUT2D eigenvalue weighted by molar-refractivity contribution is -0.117. The lowest BCUT2D eigenvalue weighted by Crippen LogP contribution is -2.32. The van der Waals surface area contributed by atoms with Gasteiger partial charge in [0.15, 0.2) is 5.78 Å². The summed E-state index contributed by atoms with van der Waals surface area (Å²) >= 11 is 0. The minimum atomic E-state index is 0.196. The van der Waals surface area contributed by atoms with E-state index >= 15 is 0 Å².